The zero-order valence-corrected chi connectivity index (χ0v) is 15.6. The van der Waals surface area contributed by atoms with E-state index in [0.29, 0.717) is 17.1 Å². The molecule has 1 saturated carbocycles. The zero-order chi connectivity index (χ0) is 18.2. The van der Waals surface area contributed by atoms with Crippen molar-refractivity contribution in [1.29, 1.82) is 0 Å². The van der Waals surface area contributed by atoms with Crippen molar-refractivity contribution in [3.05, 3.63) is 46.2 Å². The molecule has 138 valence electrons. The van der Waals surface area contributed by atoms with Gasteiger partial charge in [-0.2, -0.15) is 0 Å². The minimum atomic E-state index is -1.19. The normalized spacial score (nSPS) is 19.9. The highest BCUT2D eigenvalue weighted by molar-refractivity contribution is 7.10. The number of benzene rings is 1. The van der Waals surface area contributed by atoms with Crippen LogP contribution in [0.25, 0.3) is 0 Å². The molecule has 26 heavy (non-hydrogen) atoms. The van der Waals surface area contributed by atoms with Crippen LogP contribution >= 0.6 is 11.3 Å². The molecule has 1 fully saturated rings. The number of nitrogens with one attached hydrogen (secondary N) is 1. The molecule has 2 heterocycles. The molecule has 1 amide bonds. The van der Waals surface area contributed by atoms with Crippen LogP contribution in [-0.2, 0) is 15.8 Å². The molecular weight excluding hydrogens is 350 g/mol. The molecular formula is C20H23NO4S. The lowest BCUT2D eigenvalue weighted by atomic mass is 9.83. The van der Waals surface area contributed by atoms with E-state index in [1.54, 1.807) is 30.4 Å². The summed E-state index contributed by atoms with van der Waals surface area (Å²) in [7, 11) is 0. The molecule has 6 heteroatoms. The van der Waals surface area contributed by atoms with Crippen LogP contribution in [-0.4, -0.2) is 24.4 Å². The van der Waals surface area contributed by atoms with E-state index >= 15 is 0 Å². The number of carbonyl (C=O) groups is 1. The smallest absolute Gasteiger partial charge is 0.231 e. The van der Waals surface area contributed by atoms with Gasteiger partial charge in [-0.1, -0.05) is 25.0 Å². The first-order chi connectivity index (χ1) is 12.5. The number of thiophene rings is 1. The van der Waals surface area contributed by atoms with Gasteiger partial charge in [-0.15, -0.1) is 11.3 Å². The highest BCUT2D eigenvalue weighted by Gasteiger charge is 2.44. The van der Waals surface area contributed by atoms with Crippen molar-refractivity contribution in [1.82, 2.24) is 5.32 Å². The van der Waals surface area contributed by atoms with Crippen molar-refractivity contribution < 1.29 is 19.4 Å². The molecule has 0 unspecified atom stereocenters. The van der Waals surface area contributed by atoms with Gasteiger partial charge in [-0.25, -0.2) is 0 Å². The van der Waals surface area contributed by atoms with Gasteiger partial charge in [0.2, 0.25) is 12.7 Å². The Bertz CT molecular complexity index is 794. The van der Waals surface area contributed by atoms with E-state index in [1.807, 2.05) is 23.6 Å². The van der Waals surface area contributed by atoms with Crippen molar-refractivity contribution >= 4 is 17.2 Å². The Morgan fingerprint density at radius 1 is 1.27 bits per heavy atom. The number of fused-ring (bicyclic) bond motifs is 1. The maximum absolute atomic E-state index is 13.1. The van der Waals surface area contributed by atoms with E-state index in [1.165, 1.54) is 0 Å². The van der Waals surface area contributed by atoms with Gasteiger partial charge in [0.15, 0.2) is 11.5 Å². The molecule has 1 atom stereocenters. The first-order valence-corrected chi connectivity index (χ1v) is 9.84. The van der Waals surface area contributed by atoms with E-state index in [4.69, 9.17) is 9.47 Å². The van der Waals surface area contributed by atoms with Crippen molar-refractivity contribution in [3.63, 3.8) is 0 Å². The van der Waals surface area contributed by atoms with Gasteiger partial charge in [0, 0.05) is 4.88 Å². The fraction of sp³-hybridized carbons (Fsp3) is 0.450. The van der Waals surface area contributed by atoms with E-state index in [-0.39, 0.29) is 19.2 Å². The molecule has 0 saturated heterocycles. The highest BCUT2D eigenvalue weighted by atomic mass is 32.1. The zero-order valence-electron chi connectivity index (χ0n) is 14.8. The molecule has 1 aromatic carbocycles. The molecule has 2 aromatic rings. The Hall–Kier alpha value is -2.05. The summed E-state index contributed by atoms with van der Waals surface area (Å²) in [5.74, 6) is 1.31. The largest absolute Gasteiger partial charge is 0.454 e. The summed E-state index contributed by atoms with van der Waals surface area (Å²) >= 11 is 1.64. The van der Waals surface area contributed by atoms with E-state index in [9.17, 15) is 9.90 Å². The molecule has 2 N–H and O–H groups in total. The van der Waals surface area contributed by atoms with Crippen LogP contribution in [0.15, 0.2) is 35.7 Å². The predicted octanol–water partition coefficient (Wildman–Crippen LogP) is 3.31. The highest BCUT2D eigenvalue weighted by Crippen LogP contribution is 2.43. The molecule has 4 rings (SSSR count). The topological polar surface area (TPSA) is 67.8 Å². The molecule has 2 aliphatic rings. The van der Waals surface area contributed by atoms with Crippen molar-refractivity contribution in [2.75, 3.05) is 13.3 Å². The number of hydrogen-bond acceptors (Lipinski definition) is 5. The summed E-state index contributed by atoms with van der Waals surface area (Å²) in [6, 6.07) is 9.42. The predicted molar refractivity (Wildman–Crippen MR) is 99.6 cm³/mol. The Morgan fingerprint density at radius 2 is 2.04 bits per heavy atom. The Labute approximate surface area is 156 Å². The summed E-state index contributed by atoms with van der Waals surface area (Å²) < 4.78 is 10.7. The van der Waals surface area contributed by atoms with Gasteiger partial charge in [-0.3, -0.25) is 4.79 Å². The minimum Gasteiger partial charge on any atom is -0.454 e. The van der Waals surface area contributed by atoms with Crippen LogP contribution in [0.3, 0.4) is 0 Å². The third-order valence-electron chi connectivity index (χ3n) is 5.47. The van der Waals surface area contributed by atoms with E-state index < -0.39 is 11.0 Å². The van der Waals surface area contributed by atoms with Crippen LogP contribution in [0.2, 0.25) is 0 Å². The average Bonchev–Trinajstić information content (AvgIpc) is 3.40. The van der Waals surface area contributed by atoms with Crippen LogP contribution in [0, 0.1) is 0 Å². The van der Waals surface area contributed by atoms with Crippen LogP contribution in [0.1, 0.15) is 43.0 Å². The van der Waals surface area contributed by atoms with Gasteiger partial charge in [0.1, 0.15) is 5.60 Å². The molecule has 1 aliphatic carbocycles. The maximum Gasteiger partial charge on any atom is 0.231 e. The third kappa shape index (κ3) is 2.97. The first kappa shape index (κ1) is 17.4. The Kier molecular flexibility index (Phi) is 4.40. The second kappa shape index (κ2) is 6.59. The first-order valence-electron chi connectivity index (χ1n) is 8.96. The summed E-state index contributed by atoms with van der Waals surface area (Å²) in [6.45, 7) is 2.05. The SMILES string of the molecule is C[C@](O)(CNC(=O)C1(c2cccs2)CCCC1)c1ccc2c(c1)OCO2. The summed E-state index contributed by atoms with van der Waals surface area (Å²) in [4.78, 5) is 14.2. The molecule has 0 radical (unpaired) electrons. The van der Waals surface area contributed by atoms with Gasteiger partial charge >= 0.3 is 0 Å². The fourth-order valence-electron chi connectivity index (χ4n) is 3.87. The van der Waals surface area contributed by atoms with Crippen LogP contribution in [0.5, 0.6) is 11.5 Å². The average molecular weight is 373 g/mol. The van der Waals surface area contributed by atoms with Crippen molar-refractivity contribution in [2.24, 2.45) is 0 Å². The third-order valence-corrected chi connectivity index (χ3v) is 6.55. The van der Waals surface area contributed by atoms with Gasteiger partial charge in [-0.05, 0) is 48.9 Å². The standard InChI is InChI=1S/C20H23NO4S/c1-19(23,14-6-7-15-16(11-14)25-13-24-15)12-21-18(22)20(8-2-3-9-20)17-5-4-10-26-17/h4-7,10-11,23H,2-3,8-9,12-13H2,1H3,(H,21,22)/t19-/m0/s1. The summed E-state index contributed by atoms with van der Waals surface area (Å²) in [5, 5.41) is 15.9. The molecule has 1 aliphatic heterocycles. The van der Waals surface area contributed by atoms with E-state index in [2.05, 4.69) is 5.32 Å². The van der Waals surface area contributed by atoms with Crippen molar-refractivity contribution in [2.45, 2.75) is 43.6 Å². The number of hydrogen-bond donors (Lipinski definition) is 2. The number of carbonyl (C=O) groups excluding carboxylic acids is 1. The van der Waals surface area contributed by atoms with Gasteiger partial charge < -0.3 is 19.9 Å². The minimum absolute atomic E-state index is 0.0125. The lowest BCUT2D eigenvalue weighted by Gasteiger charge is -2.30. The van der Waals surface area contributed by atoms with Crippen LogP contribution < -0.4 is 14.8 Å². The monoisotopic (exact) mass is 373 g/mol. The second-order valence-corrected chi connectivity index (χ2v) is 8.24. The maximum atomic E-state index is 13.1. The Balaban J connectivity index is 1.49. The molecule has 0 spiro atoms. The lowest BCUT2D eigenvalue weighted by Crippen LogP contribution is -2.47. The quantitative estimate of drug-likeness (QED) is 0.844. The second-order valence-electron chi connectivity index (χ2n) is 7.29. The van der Waals surface area contributed by atoms with E-state index in [0.717, 1.165) is 30.6 Å². The number of rotatable bonds is 5. The van der Waals surface area contributed by atoms with Crippen LogP contribution in [0.4, 0.5) is 0 Å². The number of ether oxygens (including phenoxy) is 2. The molecule has 1 aromatic heterocycles. The number of amides is 1. The molecule has 0 bridgehead atoms. The van der Waals surface area contributed by atoms with Gasteiger partial charge in [0.25, 0.3) is 0 Å². The fourth-order valence-corrected chi connectivity index (χ4v) is 4.85. The lowest BCUT2D eigenvalue weighted by molar-refractivity contribution is -0.127. The number of aliphatic hydroxyl groups is 1. The Morgan fingerprint density at radius 3 is 2.77 bits per heavy atom. The summed E-state index contributed by atoms with van der Waals surface area (Å²) in [6.07, 6.45) is 3.85. The molecule has 5 nitrogen and oxygen atoms in total. The van der Waals surface area contributed by atoms with Crippen molar-refractivity contribution in [3.8, 4) is 11.5 Å². The summed E-state index contributed by atoms with van der Waals surface area (Å²) in [5.41, 5.74) is -0.941. The van der Waals surface area contributed by atoms with Gasteiger partial charge in [0.05, 0.1) is 12.0 Å².